The van der Waals surface area contributed by atoms with E-state index >= 15 is 0 Å². The number of ether oxygens (including phenoxy) is 2. The van der Waals surface area contributed by atoms with Gasteiger partial charge in [-0.25, -0.2) is 0 Å². The largest absolute Gasteiger partial charge is 0.469 e. The summed E-state index contributed by atoms with van der Waals surface area (Å²) in [5, 5.41) is 21.8. The van der Waals surface area contributed by atoms with Gasteiger partial charge in [-0.3, -0.25) is 19.2 Å². The monoisotopic (exact) mass is 556 g/mol. The number of hydrogen-bond donors (Lipinski definition) is 2. The first-order valence-electron chi connectivity index (χ1n) is 14.8. The van der Waals surface area contributed by atoms with Gasteiger partial charge in [-0.15, -0.1) is 0 Å². The van der Waals surface area contributed by atoms with Gasteiger partial charge in [0.05, 0.1) is 26.1 Å². The summed E-state index contributed by atoms with van der Waals surface area (Å²) in [6, 6.07) is 0. The molecule has 8 rings (SSSR count). The zero-order valence-corrected chi connectivity index (χ0v) is 24.6. The van der Waals surface area contributed by atoms with Gasteiger partial charge in [0.2, 0.25) is 0 Å². The summed E-state index contributed by atoms with van der Waals surface area (Å²) in [5.74, 6) is -1.46. The normalized spacial score (nSPS) is 46.7. The third-order valence-electron chi connectivity index (χ3n) is 12.3. The molecule has 4 bridgehead atoms. The highest BCUT2D eigenvalue weighted by Gasteiger charge is 2.65. The van der Waals surface area contributed by atoms with Crippen LogP contribution in [0.15, 0.2) is 23.3 Å². The molecule has 0 unspecified atom stereocenters. The summed E-state index contributed by atoms with van der Waals surface area (Å²) in [6.45, 7) is 8.34. The van der Waals surface area contributed by atoms with Crippen molar-refractivity contribution in [2.24, 2.45) is 46.3 Å². The third kappa shape index (κ3) is 3.84. The van der Waals surface area contributed by atoms with Crippen molar-refractivity contribution >= 4 is 23.5 Å². The Hall–Kier alpha value is -2.32. The lowest BCUT2D eigenvalue weighted by molar-refractivity contribution is -0.173. The van der Waals surface area contributed by atoms with E-state index in [0.717, 1.165) is 36.8 Å². The molecule has 8 heteroatoms. The van der Waals surface area contributed by atoms with Crippen LogP contribution in [0.1, 0.15) is 79.1 Å². The molecule has 0 heterocycles. The van der Waals surface area contributed by atoms with Crippen LogP contribution in [0.3, 0.4) is 0 Å². The van der Waals surface area contributed by atoms with Gasteiger partial charge in [-0.2, -0.15) is 0 Å². The fourth-order valence-corrected chi connectivity index (χ4v) is 9.77. The molecule has 0 aromatic carbocycles. The maximum Gasteiger partial charge on any atom is 0.312 e. The van der Waals surface area contributed by atoms with Gasteiger partial charge in [0, 0.05) is 0 Å². The van der Waals surface area contributed by atoms with E-state index in [0.29, 0.717) is 37.5 Å². The number of ketones is 2. The van der Waals surface area contributed by atoms with Crippen molar-refractivity contribution in [3.05, 3.63) is 23.3 Å². The molecule has 2 spiro atoms. The van der Waals surface area contributed by atoms with Gasteiger partial charge in [0.25, 0.3) is 0 Å². The molecule has 8 nitrogen and oxygen atoms in total. The predicted molar refractivity (Wildman–Crippen MR) is 146 cm³/mol. The van der Waals surface area contributed by atoms with Crippen LogP contribution in [0, 0.1) is 46.3 Å². The van der Waals surface area contributed by atoms with E-state index in [1.165, 1.54) is 14.2 Å². The molecular formula is C32H44O8. The first kappa shape index (κ1) is 29.2. The Labute approximate surface area is 236 Å². The van der Waals surface area contributed by atoms with E-state index in [1.54, 1.807) is 12.2 Å². The second-order valence-electron chi connectivity index (χ2n) is 13.8. The SMILES string of the molecule is COC(=O)[C@H]1C[C@]23CC[C@H](C)[C@@H]2C[C@@]1(O)C(=O)C=C3C.COC(=O)[C@H]1C[C@]23CC[C@H](C)[C@@H]2C[C@@]1(O)C(=O)C=C3C. The van der Waals surface area contributed by atoms with Gasteiger partial charge in [-0.05, 0) is 112 Å². The summed E-state index contributed by atoms with van der Waals surface area (Å²) in [5.41, 5.74) is -1.26. The third-order valence-corrected chi connectivity index (χ3v) is 12.3. The van der Waals surface area contributed by atoms with Crippen LogP contribution < -0.4 is 0 Å². The predicted octanol–water partition coefficient (Wildman–Crippen LogP) is 3.72. The first-order chi connectivity index (χ1) is 18.7. The standard InChI is InChI=1S/2C16H22O4/c2*1-9-4-5-15-7-12(14(18)20-3)16(19,8-11(9)15)13(17)6-10(15)2/h2*6,9,11-12,19H,4-5,7-8H2,1-3H3/t2*9-,11-,12+,15-,16-/m00/s1. The lowest BCUT2D eigenvalue weighted by Gasteiger charge is -2.48. The fourth-order valence-electron chi connectivity index (χ4n) is 9.77. The number of fused-ring (bicyclic) bond motifs is 4. The molecular weight excluding hydrogens is 512 g/mol. The van der Waals surface area contributed by atoms with Crippen molar-refractivity contribution in [3.63, 3.8) is 0 Å². The van der Waals surface area contributed by atoms with E-state index in [-0.39, 0.29) is 34.2 Å². The molecule has 0 amide bonds. The molecule has 0 radical (unpaired) electrons. The quantitative estimate of drug-likeness (QED) is 0.493. The van der Waals surface area contributed by atoms with Crippen molar-refractivity contribution in [1.29, 1.82) is 0 Å². The number of aliphatic hydroxyl groups is 2. The Morgan fingerprint density at radius 3 is 1.40 bits per heavy atom. The maximum absolute atomic E-state index is 12.4. The van der Waals surface area contributed by atoms with Gasteiger partial charge in [0.1, 0.15) is 11.2 Å². The van der Waals surface area contributed by atoms with Crippen molar-refractivity contribution in [3.8, 4) is 0 Å². The highest BCUT2D eigenvalue weighted by Crippen LogP contribution is 2.65. The van der Waals surface area contributed by atoms with Crippen molar-refractivity contribution in [2.75, 3.05) is 14.2 Å². The molecule has 40 heavy (non-hydrogen) atoms. The van der Waals surface area contributed by atoms with Crippen LogP contribution in [0.25, 0.3) is 0 Å². The molecule has 10 atom stereocenters. The summed E-state index contributed by atoms with van der Waals surface area (Å²) >= 11 is 0. The Morgan fingerprint density at radius 2 is 1.07 bits per heavy atom. The second-order valence-corrected chi connectivity index (χ2v) is 13.8. The highest BCUT2D eigenvalue weighted by atomic mass is 16.5. The Kier molecular flexibility index (Phi) is 7.02. The molecule has 0 saturated heterocycles. The molecule has 4 saturated carbocycles. The van der Waals surface area contributed by atoms with E-state index in [1.807, 2.05) is 13.8 Å². The Bertz CT molecular complexity index is 1110. The number of esters is 2. The maximum atomic E-state index is 12.4. The van der Waals surface area contributed by atoms with Gasteiger partial charge < -0.3 is 19.7 Å². The van der Waals surface area contributed by atoms with Gasteiger partial charge >= 0.3 is 11.9 Å². The van der Waals surface area contributed by atoms with Crippen molar-refractivity contribution in [1.82, 2.24) is 0 Å². The summed E-state index contributed by atoms with van der Waals surface area (Å²) in [7, 11) is 2.64. The molecule has 0 aromatic heterocycles. The minimum absolute atomic E-state index is 0.101. The molecule has 0 aromatic rings. The second kappa shape index (κ2) is 9.62. The highest BCUT2D eigenvalue weighted by molar-refractivity contribution is 6.02. The summed E-state index contributed by atoms with van der Waals surface area (Å²) in [4.78, 5) is 49.0. The van der Waals surface area contributed by atoms with E-state index < -0.39 is 35.0 Å². The summed E-state index contributed by atoms with van der Waals surface area (Å²) < 4.78 is 9.69. The number of allylic oxidation sites excluding steroid dienone is 2. The Balaban J connectivity index is 0.000000161. The van der Waals surface area contributed by atoms with Gasteiger partial charge in [-0.1, -0.05) is 25.0 Å². The number of rotatable bonds is 2. The minimum Gasteiger partial charge on any atom is -0.469 e. The van der Waals surface area contributed by atoms with Gasteiger partial charge in [0.15, 0.2) is 11.6 Å². The van der Waals surface area contributed by atoms with E-state index in [2.05, 4.69) is 13.8 Å². The topological polar surface area (TPSA) is 127 Å². The van der Waals surface area contributed by atoms with E-state index in [9.17, 15) is 29.4 Å². The van der Waals surface area contributed by atoms with Crippen molar-refractivity contribution in [2.45, 2.75) is 90.3 Å². The van der Waals surface area contributed by atoms with Crippen LogP contribution in [-0.4, -0.2) is 59.1 Å². The number of methoxy groups -OCH3 is 2. The molecule has 4 fully saturated rings. The molecule has 8 aliphatic rings. The number of carbonyl (C=O) groups excluding carboxylic acids is 4. The molecule has 0 aliphatic heterocycles. The van der Waals surface area contributed by atoms with Crippen molar-refractivity contribution < 1.29 is 38.9 Å². The zero-order valence-electron chi connectivity index (χ0n) is 24.6. The lowest BCUT2D eigenvalue weighted by atomic mass is 9.57. The smallest absolute Gasteiger partial charge is 0.312 e. The average Bonchev–Trinajstić information content (AvgIpc) is 3.33. The van der Waals surface area contributed by atoms with Crippen LogP contribution in [-0.2, 0) is 28.7 Å². The van der Waals surface area contributed by atoms with Crippen LogP contribution >= 0.6 is 0 Å². The Morgan fingerprint density at radius 1 is 0.725 bits per heavy atom. The molecule has 8 aliphatic carbocycles. The van der Waals surface area contributed by atoms with Crippen LogP contribution in [0.4, 0.5) is 0 Å². The van der Waals surface area contributed by atoms with E-state index in [4.69, 9.17) is 9.47 Å². The average molecular weight is 557 g/mol. The van der Waals surface area contributed by atoms with Crippen LogP contribution in [0.5, 0.6) is 0 Å². The minimum atomic E-state index is -1.57. The number of carbonyl (C=O) groups is 4. The summed E-state index contributed by atoms with van der Waals surface area (Å²) in [6.07, 6.45) is 9.21. The molecule has 2 N–H and O–H groups in total. The van der Waals surface area contributed by atoms with Crippen LogP contribution in [0.2, 0.25) is 0 Å². The fraction of sp³-hybridized carbons (Fsp3) is 0.750. The molecule has 220 valence electrons. The zero-order chi connectivity index (χ0) is 29.4. The lowest BCUT2D eigenvalue weighted by Crippen LogP contribution is -2.55. The number of hydrogen-bond acceptors (Lipinski definition) is 8. The first-order valence-corrected chi connectivity index (χ1v) is 14.8.